The number of allylic oxidation sites excluding steroid dienone is 3. The third-order valence-corrected chi connectivity index (χ3v) is 7.70. The number of carbonyl (C=O) groups is 4. The highest BCUT2D eigenvalue weighted by atomic mass is 19.1. The van der Waals surface area contributed by atoms with Crippen LogP contribution >= 0.6 is 0 Å². The Labute approximate surface area is 205 Å². The van der Waals surface area contributed by atoms with Gasteiger partial charge in [0.25, 0.3) is 5.91 Å². The van der Waals surface area contributed by atoms with Crippen LogP contribution in [0.2, 0.25) is 0 Å². The number of halogens is 1. The number of Topliss-reactive ketones (excluding diaryl/α,β-unsaturated/α-hetero) is 2. The molecule has 0 saturated heterocycles. The van der Waals surface area contributed by atoms with E-state index in [1.807, 2.05) is 6.92 Å². The summed E-state index contributed by atoms with van der Waals surface area (Å²) in [5.74, 6) is -8.16. The summed E-state index contributed by atoms with van der Waals surface area (Å²) in [6.45, 7) is 2.47. The van der Waals surface area contributed by atoms with Crippen molar-refractivity contribution in [1.82, 2.24) is 5.32 Å². The van der Waals surface area contributed by atoms with Crippen molar-refractivity contribution in [3.8, 4) is 5.75 Å². The summed E-state index contributed by atoms with van der Waals surface area (Å²) >= 11 is 0. The number of aliphatic hydroxyl groups is 2. The molecule has 2 amide bonds. The molecule has 5 rings (SSSR count). The van der Waals surface area contributed by atoms with Crippen molar-refractivity contribution in [3.63, 3.8) is 0 Å². The third-order valence-electron chi connectivity index (χ3n) is 7.70. The number of hydrogen-bond donors (Lipinski definition) is 6. The van der Waals surface area contributed by atoms with E-state index in [0.29, 0.717) is 6.54 Å². The zero-order valence-corrected chi connectivity index (χ0v) is 19.5. The van der Waals surface area contributed by atoms with E-state index in [2.05, 4.69) is 10.6 Å². The summed E-state index contributed by atoms with van der Waals surface area (Å²) in [6.07, 6.45) is 0.802. The number of ketones is 2. The van der Waals surface area contributed by atoms with Crippen LogP contribution in [-0.2, 0) is 27.2 Å². The first-order chi connectivity index (χ1) is 17.1. The maximum Gasteiger partial charge on any atom is 0.255 e. The van der Waals surface area contributed by atoms with Crippen molar-refractivity contribution >= 4 is 29.1 Å². The van der Waals surface area contributed by atoms with Gasteiger partial charge in [-0.25, -0.2) is 4.39 Å². The van der Waals surface area contributed by atoms with Gasteiger partial charge in [-0.2, -0.15) is 0 Å². The normalized spacial score (nSPS) is 27.2. The van der Waals surface area contributed by atoms with Crippen molar-refractivity contribution in [3.05, 3.63) is 45.2 Å². The van der Waals surface area contributed by atoms with Crippen LogP contribution in [0.4, 0.5) is 10.1 Å². The molecule has 1 heterocycles. The molecule has 2 unspecified atom stereocenters. The molecule has 190 valence electrons. The lowest BCUT2D eigenvalue weighted by Gasteiger charge is -2.41. The fourth-order valence-corrected chi connectivity index (χ4v) is 6.10. The number of carbonyl (C=O) groups excluding carboxylic acids is 4. The number of fused-ring (bicyclic) bond motifs is 4. The smallest absolute Gasteiger partial charge is 0.255 e. The standard InChI is InChI=1S/C25H26FN3O7/c1-2-3-28-12-7-11-18(26)10-5-8-4-9-6-13(30)17(24(27)35)22(33)15(9)20(31)14(8)21(32)16(10)23(34)19(11)29-25(12)36/h8-9,12,15,28,30-31,34H,2-7H2,1H3,(H2,27,35)(H,29,36)/t8-,9+,12?,15?/m1/s1. The molecule has 1 aromatic rings. The van der Waals surface area contributed by atoms with E-state index < -0.39 is 75.8 Å². The van der Waals surface area contributed by atoms with Gasteiger partial charge in [0.05, 0.1) is 23.2 Å². The first-order valence-corrected chi connectivity index (χ1v) is 11.9. The number of hydrogen-bond acceptors (Lipinski definition) is 8. The molecular formula is C25H26FN3O7. The predicted octanol–water partition coefficient (Wildman–Crippen LogP) is 1.47. The second-order valence-corrected chi connectivity index (χ2v) is 9.83. The highest BCUT2D eigenvalue weighted by Crippen LogP contribution is 2.51. The molecule has 0 saturated carbocycles. The van der Waals surface area contributed by atoms with Crippen LogP contribution in [0.15, 0.2) is 22.7 Å². The Hall–Kier alpha value is -3.73. The van der Waals surface area contributed by atoms with Gasteiger partial charge >= 0.3 is 0 Å². The molecule has 4 atom stereocenters. The number of anilines is 1. The second-order valence-electron chi connectivity index (χ2n) is 9.83. The first-order valence-electron chi connectivity index (χ1n) is 11.9. The molecule has 11 heteroatoms. The summed E-state index contributed by atoms with van der Waals surface area (Å²) < 4.78 is 15.8. The zero-order chi connectivity index (χ0) is 26.0. The average molecular weight is 499 g/mol. The molecule has 3 aliphatic carbocycles. The minimum Gasteiger partial charge on any atom is -0.511 e. The number of phenols is 1. The van der Waals surface area contributed by atoms with Crippen LogP contribution in [0.25, 0.3) is 0 Å². The largest absolute Gasteiger partial charge is 0.511 e. The van der Waals surface area contributed by atoms with Gasteiger partial charge in [-0.05, 0) is 37.6 Å². The van der Waals surface area contributed by atoms with E-state index in [9.17, 15) is 34.5 Å². The number of amides is 2. The van der Waals surface area contributed by atoms with E-state index in [0.717, 1.165) is 6.42 Å². The lowest BCUT2D eigenvalue weighted by atomic mass is 9.62. The van der Waals surface area contributed by atoms with Gasteiger partial charge in [-0.15, -0.1) is 0 Å². The zero-order valence-electron chi connectivity index (χ0n) is 19.5. The fraction of sp³-hybridized carbons (Fsp3) is 0.440. The highest BCUT2D eigenvalue weighted by Gasteiger charge is 2.51. The van der Waals surface area contributed by atoms with Gasteiger partial charge in [-0.1, -0.05) is 6.92 Å². The van der Waals surface area contributed by atoms with Crippen LogP contribution in [0.3, 0.4) is 0 Å². The first kappa shape index (κ1) is 24.0. The highest BCUT2D eigenvalue weighted by molar-refractivity contribution is 6.22. The fourth-order valence-electron chi connectivity index (χ4n) is 6.10. The van der Waals surface area contributed by atoms with Crippen LogP contribution in [0.5, 0.6) is 5.75 Å². The Kier molecular flexibility index (Phi) is 5.62. The number of benzene rings is 1. The SMILES string of the molecule is CCCNC1Cc2c(F)c3c(c(O)c2NC1=O)C(=O)C1=C(O)C2C(=O)C(C(N)=O)=C(O)C[C@@H]2C[C@@H]1C3. The summed E-state index contributed by atoms with van der Waals surface area (Å²) in [5, 5.41) is 37.8. The van der Waals surface area contributed by atoms with Gasteiger partial charge < -0.3 is 31.7 Å². The quantitative estimate of drug-likeness (QED) is 0.266. The molecule has 1 aliphatic heterocycles. The Bertz CT molecular complexity index is 1320. The molecule has 0 aromatic heterocycles. The van der Waals surface area contributed by atoms with Crippen LogP contribution in [-0.4, -0.2) is 51.3 Å². The number of primary amides is 1. The topological polar surface area (TPSA) is 179 Å². The van der Waals surface area contributed by atoms with Crippen molar-refractivity contribution in [2.45, 2.75) is 45.1 Å². The minimum absolute atomic E-state index is 0.00555. The predicted molar refractivity (Wildman–Crippen MR) is 124 cm³/mol. The number of aliphatic hydroxyl groups excluding tert-OH is 2. The third kappa shape index (κ3) is 3.33. The average Bonchev–Trinajstić information content (AvgIpc) is 2.80. The number of rotatable bonds is 4. The van der Waals surface area contributed by atoms with Gasteiger partial charge in [0, 0.05) is 29.5 Å². The number of aromatic hydroxyl groups is 1. The molecule has 7 N–H and O–H groups in total. The molecular weight excluding hydrogens is 473 g/mol. The van der Waals surface area contributed by atoms with E-state index >= 15 is 4.39 Å². The van der Waals surface area contributed by atoms with Gasteiger partial charge in [-0.3, -0.25) is 19.2 Å². The second kappa shape index (κ2) is 8.44. The van der Waals surface area contributed by atoms with Crippen LogP contribution in [0, 0.1) is 23.6 Å². The van der Waals surface area contributed by atoms with E-state index in [1.165, 1.54) is 0 Å². The Balaban J connectivity index is 1.60. The summed E-state index contributed by atoms with van der Waals surface area (Å²) in [6, 6.07) is -0.693. The lowest BCUT2D eigenvalue weighted by molar-refractivity contribution is -0.126. The Morgan fingerprint density at radius 1 is 1.14 bits per heavy atom. The van der Waals surface area contributed by atoms with Crippen molar-refractivity contribution in [2.24, 2.45) is 23.5 Å². The molecule has 0 bridgehead atoms. The number of nitrogens with one attached hydrogen (secondary N) is 2. The molecule has 4 aliphatic rings. The van der Waals surface area contributed by atoms with Gasteiger partial charge in [0.2, 0.25) is 5.91 Å². The maximum absolute atomic E-state index is 15.8. The molecule has 0 fully saturated rings. The Morgan fingerprint density at radius 2 is 1.86 bits per heavy atom. The number of nitrogens with two attached hydrogens (primary N) is 1. The molecule has 36 heavy (non-hydrogen) atoms. The van der Waals surface area contributed by atoms with Gasteiger partial charge in [0.15, 0.2) is 17.3 Å². The monoisotopic (exact) mass is 499 g/mol. The van der Waals surface area contributed by atoms with Crippen molar-refractivity contribution in [1.29, 1.82) is 0 Å². The van der Waals surface area contributed by atoms with Crippen LogP contribution in [0.1, 0.15) is 47.7 Å². The van der Waals surface area contributed by atoms with Gasteiger partial charge in [0.1, 0.15) is 22.9 Å². The lowest BCUT2D eigenvalue weighted by Crippen LogP contribution is -2.46. The van der Waals surface area contributed by atoms with Crippen LogP contribution < -0.4 is 16.4 Å². The summed E-state index contributed by atoms with van der Waals surface area (Å²) in [4.78, 5) is 50.7. The van der Waals surface area contributed by atoms with Crippen molar-refractivity contribution < 1.29 is 38.9 Å². The van der Waals surface area contributed by atoms with E-state index in [-0.39, 0.29) is 53.6 Å². The van der Waals surface area contributed by atoms with Crippen molar-refractivity contribution in [2.75, 3.05) is 11.9 Å². The molecule has 0 spiro atoms. The van der Waals surface area contributed by atoms with E-state index in [4.69, 9.17) is 5.73 Å². The van der Waals surface area contributed by atoms with E-state index in [1.54, 1.807) is 0 Å². The summed E-state index contributed by atoms with van der Waals surface area (Å²) in [5.41, 5.74) is 4.03. The Morgan fingerprint density at radius 3 is 2.53 bits per heavy atom. The summed E-state index contributed by atoms with van der Waals surface area (Å²) in [7, 11) is 0. The minimum atomic E-state index is -1.25. The maximum atomic E-state index is 15.8. The molecule has 10 nitrogen and oxygen atoms in total. The molecule has 1 aromatic carbocycles. The number of phenolic OH excluding ortho intramolecular Hbond substituents is 1. The molecule has 0 radical (unpaired) electrons.